The number of allylic oxidation sites excluding steroid dienone is 5. The van der Waals surface area contributed by atoms with Crippen LogP contribution in [-0.2, 0) is 0 Å². The van der Waals surface area contributed by atoms with Crippen LogP contribution in [0.4, 0.5) is 0 Å². The molecule has 1 saturated heterocycles. The third-order valence-electron chi connectivity index (χ3n) is 5.81. The van der Waals surface area contributed by atoms with Crippen molar-refractivity contribution in [2.75, 3.05) is 6.54 Å². The number of aromatic nitrogens is 1. The van der Waals surface area contributed by atoms with E-state index in [0.29, 0.717) is 5.92 Å². The molecule has 1 aromatic heterocycles. The molecule has 5 rings (SSSR count). The van der Waals surface area contributed by atoms with E-state index in [2.05, 4.69) is 78.6 Å². The van der Waals surface area contributed by atoms with Gasteiger partial charge in [0.1, 0.15) is 5.84 Å². The van der Waals surface area contributed by atoms with Crippen molar-refractivity contribution in [3.05, 3.63) is 71.7 Å². The van der Waals surface area contributed by atoms with Crippen LogP contribution in [0, 0.1) is 5.41 Å². The summed E-state index contributed by atoms with van der Waals surface area (Å²) in [6.45, 7) is 5.68. The van der Waals surface area contributed by atoms with Crippen molar-refractivity contribution >= 4 is 16.7 Å². The Morgan fingerprint density at radius 3 is 3.00 bits per heavy atom. The van der Waals surface area contributed by atoms with Crippen molar-refractivity contribution < 1.29 is 0 Å². The van der Waals surface area contributed by atoms with Gasteiger partial charge >= 0.3 is 0 Å². The summed E-state index contributed by atoms with van der Waals surface area (Å²) < 4.78 is 0. The number of para-hydroxylation sites is 1. The lowest BCUT2D eigenvalue weighted by Crippen LogP contribution is -2.27. The van der Waals surface area contributed by atoms with Crippen molar-refractivity contribution in [2.45, 2.75) is 32.6 Å². The Hall–Kier alpha value is -2.55. The number of nitrogens with one attached hydrogen (secondary N) is 1. The zero-order chi connectivity index (χ0) is 17.0. The van der Waals surface area contributed by atoms with Crippen molar-refractivity contribution in [1.82, 2.24) is 9.88 Å². The molecule has 0 saturated carbocycles. The highest BCUT2D eigenvalue weighted by atomic mass is 15.2. The number of hydrogen-bond donors (Lipinski definition) is 1. The van der Waals surface area contributed by atoms with E-state index in [-0.39, 0.29) is 5.41 Å². The fraction of sp³-hybridized carbons (Fsp3) is 0.318. The van der Waals surface area contributed by atoms with E-state index in [1.165, 1.54) is 33.6 Å². The number of fused-ring (bicyclic) bond motifs is 2. The minimum absolute atomic E-state index is 0.138. The van der Waals surface area contributed by atoms with Gasteiger partial charge in [0.15, 0.2) is 0 Å². The number of H-pyrrole nitrogens is 1. The molecule has 3 nitrogen and oxygen atoms in total. The van der Waals surface area contributed by atoms with Crippen LogP contribution in [0.25, 0.3) is 10.9 Å². The molecule has 1 aromatic carbocycles. The summed E-state index contributed by atoms with van der Waals surface area (Å²) in [5.74, 6) is 1.53. The summed E-state index contributed by atoms with van der Waals surface area (Å²) in [7, 11) is 0. The van der Waals surface area contributed by atoms with Gasteiger partial charge < -0.3 is 9.88 Å². The summed E-state index contributed by atoms with van der Waals surface area (Å²) >= 11 is 0. The number of amidine groups is 1. The Morgan fingerprint density at radius 1 is 1.20 bits per heavy atom. The molecular weight excluding hydrogens is 306 g/mol. The lowest BCUT2D eigenvalue weighted by Gasteiger charge is -2.24. The minimum atomic E-state index is 0.138. The van der Waals surface area contributed by atoms with Crippen LogP contribution in [0.3, 0.4) is 0 Å². The van der Waals surface area contributed by atoms with Gasteiger partial charge in [-0.15, -0.1) is 0 Å². The summed E-state index contributed by atoms with van der Waals surface area (Å²) in [6, 6.07) is 8.56. The van der Waals surface area contributed by atoms with E-state index >= 15 is 0 Å². The predicted molar refractivity (Wildman–Crippen MR) is 104 cm³/mol. The Morgan fingerprint density at radius 2 is 2.08 bits per heavy atom. The van der Waals surface area contributed by atoms with E-state index in [1.807, 2.05) is 0 Å². The van der Waals surface area contributed by atoms with E-state index in [0.717, 1.165) is 19.4 Å². The monoisotopic (exact) mass is 329 g/mol. The van der Waals surface area contributed by atoms with Gasteiger partial charge in [0.05, 0.1) is 5.70 Å². The first-order valence-corrected chi connectivity index (χ1v) is 9.14. The van der Waals surface area contributed by atoms with Gasteiger partial charge in [-0.05, 0) is 36.1 Å². The minimum Gasteiger partial charge on any atom is -0.361 e. The third kappa shape index (κ3) is 2.22. The molecule has 2 aliphatic heterocycles. The van der Waals surface area contributed by atoms with E-state index < -0.39 is 0 Å². The van der Waals surface area contributed by atoms with E-state index in [4.69, 9.17) is 4.99 Å². The average Bonchev–Trinajstić information content (AvgIpc) is 3.08. The van der Waals surface area contributed by atoms with Gasteiger partial charge in [-0.2, -0.15) is 0 Å². The zero-order valence-corrected chi connectivity index (χ0v) is 14.8. The van der Waals surface area contributed by atoms with Crippen LogP contribution in [0.2, 0.25) is 0 Å². The van der Waals surface area contributed by atoms with Gasteiger partial charge in [-0.25, -0.2) is 4.99 Å². The maximum absolute atomic E-state index is 5.25. The Bertz CT molecular complexity index is 968. The lowest BCUT2D eigenvalue weighted by molar-refractivity contribution is 0.518. The van der Waals surface area contributed by atoms with Crippen molar-refractivity contribution in [1.29, 1.82) is 0 Å². The first-order chi connectivity index (χ1) is 12.1. The van der Waals surface area contributed by atoms with Crippen LogP contribution in [0.1, 0.15) is 38.2 Å². The highest BCUT2D eigenvalue weighted by molar-refractivity contribution is 5.92. The van der Waals surface area contributed by atoms with Crippen molar-refractivity contribution in [3.8, 4) is 0 Å². The van der Waals surface area contributed by atoms with Gasteiger partial charge in [-0.3, -0.25) is 0 Å². The topological polar surface area (TPSA) is 31.4 Å². The number of aliphatic imine (C=N–C) groups is 1. The van der Waals surface area contributed by atoms with E-state index in [9.17, 15) is 0 Å². The number of benzene rings is 1. The molecule has 1 unspecified atom stereocenters. The maximum Gasteiger partial charge on any atom is 0.114 e. The Balaban J connectivity index is 1.68. The number of rotatable bonds is 1. The highest BCUT2D eigenvalue weighted by Gasteiger charge is 2.37. The van der Waals surface area contributed by atoms with Gasteiger partial charge in [0.25, 0.3) is 0 Å². The third-order valence-corrected chi connectivity index (χ3v) is 5.81. The molecule has 0 spiro atoms. The van der Waals surface area contributed by atoms with Gasteiger partial charge in [0.2, 0.25) is 0 Å². The molecule has 1 N–H and O–H groups in total. The number of hydrogen-bond acceptors (Lipinski definition) is 2. The molecule has 0 radical (unpaired) electrons. The van der Waals surface area contributed by atoms with Crippen LogP contribution in [-0.4, -0.2) is 22.3 Å². The second-order valence-corrected chi connectivity index (χ2v) is 7.90. The summed E-state index contributed by atoms with van der Waals surface area (Å²) in [4.78, 5) is 11.0. The molecule has 3 heteroatoms. The zero-order valence-electron chi connectivity index (χ0n) is 14.8. The largest absolute Gasteiger partial charge is 0.361 e. The lowest BCUT2D eigenvalue weighted by atomic mass is 9.85. The standard InChI is InChI=1S/C22H23N3/c1-22(2)11-13-25-12-10-15-6-5-8-17(20(15)24-21(22)25)18-14-23-19-9-4-3-7-16(18)19/h3-7,9-10,12,14,17,23H,8,11,13H2,1-2H3. The fourth-order valence-corrected chi connectivity index (χ4v) is 4.32. The number of nitrogens with zero attached hydrogens (tertiary/aromatic N) is 2. The van der Waals surface area contributed by atoms with Gasteiger partial charge in [0, 0.05) is 41.2 Å². The second kappa shape index (κ2) is 5.22. The van der Waals surface area contributed by atoms with E-state index in [1.54, 1.807) is 0 Å². The summed E-state index contributed by atoms with van der Waals surface area (Å²) in [6.07, 6.45) is 13.3. The quantitative estimate of drug-likeness (QED) is 0.773. The molecule has 126 valence electrons. The molecule has 3 heterocycles. The fourth-order valence-electron chi connectivity index (χ4n) is 4.32. The van der Waals surface area contributed by atoms with Crippen LogP contribution in [0.5, 0.6) is 0 Å². The predicted octanol–water partition coefficient (Wildman–Crippen LogP) is 5.12. The highest BCUT2D eigenvalue weighted by Crippen LogP contribution is 2.42. The summed E-state index contributed by atoms with van der Waals surface area (Å²) in [5, 5.41) is 1.31. The van der Waals surface area contributed by atoms with Gasteiger partial charge in [-0.1, -0.05) is 44.2 Å². The molecule has 2 aromatic rings. The summed E-state index contributed by atoms with van der Waals surface area (Å²) in [5.41, 5.74) is 5.16. The van der Waals surface area contributed by atoms with Crippen molar-refractivity contribution in [2.24, 2.45) is 10.4 Å². The van der Waals surface area contributed by atoms with Crippen molar-refractivity contribution in [3.63, 3.8) is 0 Å². The smallest absolute Gasteiger partial charge is 0.114 e. The second-order valence-electron chi connectivity index (χ2n) is 7.90. The SMILES string of the molecule is CC1(C)CCN2C=CC3=C(N=C21)C(c1c[nH]c2ccccc12)CC=C3. The Labute approximate surface area is 148 Å². The first kappa shape index (κ1) is 14.8. The molecule has 1 aliphatic carbocycles. The molecule has 0 bridgehead atoms. The normalized spacial score (nSPS) is 24.3. The average molecular weight is 329 g/mol. The first-order valence-electron chi connectivity index (χ1n) is 9.14. The Kier molecular flexibility index (Phi) is 3.08. The molecule has 1 fully saturated rings. The van der Waals surface area contributed by atoms with Crippen LogP contribution in [0.15, 0.2) is 71.2 Å². The molecule has 25 heavy (non-hydrogen) atoms. The van der Waals surface area contributed by atoms with Crippen LogP contribution < -0.4 is 0 Å². The molecule has 0 amide bonds. The maximum atomic E-state index is 5.25. The number of aromatic amines is 1. The molecule has 3 aliphatic rings. The molecular formula is C22H23N3. The molecule has 1 atom stereocenters. The van der Waals surface area contributed by atoms with Crippen LogP contribution >= 0.6 is 0 Å².